The molecule has 1 aromatic rings. The van der Waals surface area contributed by atoms with Gasteiger partial charge in [-0.25, -0.2) is 0 Å². The second-order valence-corrected chi connectivity index (χ2v) is 4.66. The van der Waals surface area contributed by atoms with Crippen LogP contribution in [0.2, 0.25) is 0 Å². The smallest absolute Gasteiger partial charge is 0.115 e. The van der Waals surface area contributed by atoms with Gasteiger partial charge in [-0.15, -0.1) is 0 Å². The van der Waals surface area contributed by atoms with E-state index in [1.807, 2.05) is 12.1 Å². The van der Waals surface area contributed by atoms with E-state index in [2.05, 4.69) is 17.9 Å². The largest absolute Gasteiger partial charge is 0.508 e. The van der Waals surface area contributed by atoms with Crippen LogP contribution >= 0.6 is 0 Å². The highest BCUT2D eigenvalue weighted by molar-refractivity contribution is 5.29. The molecule has 1 fully saturated rings. The van der Waals surface area contributed by atoms with E-state index in [1.54, 1.807) is 6.07 Å². The molecule has 2 unspecified atom stereocenters. The van der Waals surface area contributed by atoms with Crippen molar-refractivity contribution in [1.82, 2.24) is 4.90 Å². The zero-order valence-corrected chi connectivity index (χ0v) is 9.76. The molecule has 1 saturated heterocycles. The molecule has 0 aliphatic carbocycles. The summed E-state index contributed by atoms with van der Waals surface area (Å²) in [4.78, 5) is 2.44. The lowest BCUT2D eigenvalue weighted by Gasteiger charge is -2.24. The van der Waals surface area contributed by atoms with E-state index in [4.69, 9.17) is 5.73 Å². The SMILES string of the molecule is CC(c1cccc(O)c1)N1CCC(CN)C1. The average Bonchev–Trinajstić information content (AvgIpc) is 2.76. The monoisotopic (exact) mass is 220 g/mol. The third-order valence-electron chi connectivity index (χ3n) is 3.55. The second kappa shape index (κ2) is 4.85. The van der Waals surface area contributed by atoms with Gasteiger partial charge in [0, 0.05) is 12.6 Å². The topological polar surface area (TPSA) is 49.5 Å². The summed E-state index contributed by atoms with van der Waals surface area (Å²) in [5.41, 5.74) is 6.87. The normalized spacial score (nSPS) is 23.5. The average molecular weight is 220 g/mol. The van der Waals surface area contributed by atoms with Crippen molar-refractivity contribution in [2.75, 3.05) is 19.6 Å². The van der Waals surface area contributed by atoms with Gasteiger partial charge >= 0.3 is 0 Å². The Balaban J connectivity index is 2.05. The van der Waals surface area contributed by atoms with Gasteiger partial charge in [-0.2, -0.15) is 0 Å². The molecule has 16 heavy (non-hydrogen) atoms. The summed E-state index contributed by atoms with van der Waals surface area (Å²) in [6, 6.07) is 7.89. The van der Waals surface area contributed by atoms with Crippen molar-refractivity contribution in [2.24, 2.45) is 11.7 Å². The van der Waals surface area contributed by atoms with Gasteiger partial charge in [0.1, 0.15) is 5.75 Å². The van der Waals surface area contributed by atoms with E-state index in [9.17, 15) is 5.11 Å². The number of hydrogen-bond acceptors (Lipinski definition) is 3. The van der Waals surface area contributed by atoms with E-state index in [0.29, 0.717) is 17.7 Å². The molecular weight excluding hydrogens is 200 g/mol. The Morgan fingerprint density at radius 1 is 1.56 bits per heavy atom. The van der Waals surface area contributed by atoms with E-state index >= 15 is 0 Å². The van der Waals surface area contributed by atoms with Crippen molar-refractivity contribution in [3.63, 3.8) is 0 Å². The Labute approximate surface area is 96.9 Å². The predicted molar refractivity (Wildman–Crippen MR) is 65.3 cm³/mol. The van der Waals surface area contributed by atoms with E-state index in [-0.39, 0.29) is 0 Å². The zero-order valence-electron chi connectivity index (χ0n) is 9.76. The fourth-order valence-corrected chi connectivity index (χ4v) is 2.40. The third-order valence-corrected chi connectivity index (χ3v) is 3.55. The Morgan fingerprint density at radius 3 is 3.00 bits per heavy atom. The van der Waals surface area contributed by atoms with Crippen LogP contribution in [0.15, 0.2) is 24.3 Å². The standard InChI is InChI=1S/C13H20N2O/c1-10(12-3-2-4-13(16)7-12)15-6-5-11(8-14)9-15/h2-4,7,10-11,16H,5-6,8-9,14H2,1H3. The van der Waals surface area contributed by atoms with Crippen molar-refractivity contribution in [1.29, 1.82) is 0 Å². The number of nitrogens with two attached hydrogens (primary N) is 1. The first kappa shape index (κ1) is 11.4. The number of phenolic OH excluding ortho intramolecular Hbond substituents is 1. The van der Waals surface area contributed by atoms with Crippen LogP contribution in [0.4, 0.5) is 0 Å². The highest BCUT2D eigenvalue weighted by atomic mass is 16.3. The first-order valence-corrected chi connectivity index (χ1v) is 5.93. The molecule has 3 N–H and O–H groups in total. The lowest BCUT2D eigenvalue weighted by molar-refractivity contribution is 0.253. The summed E-state index contributed by atoms with van der Waals surface area (Å²) in [5, 5.41) is 9.46. The van der Waals surface area contributed by atoms with Gasteiger partial charge in [0.15, 0.2) is 0 Å². The summed E-state index contributed by atoms with van der Waals surface area (Å²) >= 11 is 0. The quantitative estimate of drug-likeness (QED) is 0.815. The maximum absolute atomic E-state index is 9.46. The van der Waals surface area contributed by atoms with Gasteiger partial charge in [-0.1, -0.05) is 12.1 Å². The van der Waals surface area contributed by atoms with Crippen LogP contribution in [0.25, 0.3) is 0 Å². The first-order chi connectivity index (χ1) is 7.70. The maximum atomic E-state index is 9.46. The van der Waals surface area contributed by atoms with Crippen LogP contribution in [-0.2, 0) is 0 Å². The Kier molecular flexibility index (Phi) is 3.46. The molecule has 0 saturated carbocycles. The molecule has 2 rings (SSSR count). The predicted octanol–water partition coefficient (Wildman–Crippen LogP) is 1.73. The summed E-state index contributed by atoms with van der Waals surface area (Å²) < 4.78 is 0. The molecule has 3 nitrogen and oxygen atoms in total. The molecular formula is C13H20N2O. The molecule has 0 radical (unpaired) electrons. The van der Waals surface area contributed by atoms with Gasteiger partial charge < -0.3 is 10.8 Å². The van der Waals surface area contributed by atoms with Crippen molar-refractivity contribution in [3.8, 4) is 5.75 Å². The van der Waals surface area contributed by atoms with Crippen molar-refractivity contribution >= 4 is 0 Å². The number of nitrogens with zero attached hydrogens (tertiary/aromatic N) is 1. The number of aromatic hydroxyl groups is 1. The summed E-state index contributed by atoms with van der Waals surface area (Å²) in [7, 11) is 0. The molecule has 0 spiro atoms. The van der Waals surface area contributed by atoms with E-state index < -0.39 is 0 Å². The fraction of sp³-hybridized carbons (Fsp3) is 0.538. The molecule has 1 aliphatic heterocycles. The minimum atomic E-state index is 0.346. The molecule has 1 aromatic carbocycles. The van der Waals surface area contributed by atoms with Gasteiger partial charge in [0.2, 0.25) is 0 Å². The van der Waals surface area contributed by atoms with Crippen LogP contribution in [0.3, 0.4) is 0 Å². The van der Waals surface area contributed by atoms with Gasteiger partial charge in [0.25, 0.3) is 0 Å². The van der Waals surface area contributed by atoms with E-state index in [0.717, 1.165) is 19.6 Å². The van der Waals surface area contributed by atoms with Gasteiger partial charge in [0.05, 0.1) is 0 Å². The number of rotatable bonds is 3. The first-order valence-electron chi connectivity index (χ1n) is 5.93. The Morgan fingerprint density at radius 2 is 2.38 bits per heavy atom. The van der Waals surface area contributed by atoms with Crippen LogP contribution in [0.5, 0.6) is 5.75 Å². The van der Waals surface area contributed by atoms with Crippen LogP contribution < -0.4 is 5.73 Å². The van der Waals surface area contributed by atoms with Crippen molar-refractivity contribution < 1.29 is 5.11 Å². The summed E-state index contributed by atoms with van der Waals surface area (Å²) in [6.07, 6.45) is 1.19. The van der Waals surface area contributed by atoms with Gasteiger partial charge in [-0.3, -0.25) is 4.90 Å². The van der Waals surface area contributed by atoms with Crippen molar-refractivity contribution in [2.45, 2.75) is 19.4 Å². The highest BCUT2D eigenvalue weighted by Gasteiger charge is 2.25. The van der Waals surface area contributed by atoms with Crippen molar-refractivity contribution in [3.05, 3.63) is 29.8 Å². The second-order valence-electron chi connectivity index (χ2n) is 4.66. The number of phenols is 1. The van der Waals surface area contributed by atoms with Crippen LogP contribution in [0.1, 0.15) is 24.9 Å². The molecule has 88 valence electrons. The molecule has 3 heteroatoms. The molecule has 1 aliphatic rings. The highest BCUT2D eigenvalue weighted by Crippen LogP contribution is 2.28. The molecule has 2 atom stereocenters. The number of likely N-dealkylation sites (tertiary alicyclic amines) is 1. The Bertz CT molecular complexity index is 354. The number of hydrogen-bond donors (Lipinski definition) is 2. The maximum Gasteiger partial charge on any atom is 0.115 e. The van der Waals surface area contributed by atoms with Crippen LogP contribution in [0, 0.1) is 5.92 Å². The van der Waals surface area contributed by atoms with E-state index in [1.165, 1.54) is 12.0 Å². The molecule has 0 amide bonds. The summed E-state index contributed by atoms with van der Waals surface area (Å²) in [6.45, 7) is 5.16. The number of benzene rings is 1. The van der Waals surface area contributed by atoms with Crippen LogP contribution in [-0.4, -0.2) is 29.6 Å². The molecule has 0 aromatic heterocycles. The molecule has 1 heterocycles. The Hall–Kier alpha value is -1.06. The fourth-order valence-electron chi connectivity index (χ4n) is 2.40. The minimum absolute atomic E-state index is 0.346. The zero-order chi connectivity index (χ0) is 11.5. The molecule has 0 bridgehead atoms. The summed E-state index contributed by atoms with van der Waals surface area (Å²) in [5.74, 6) is 0.985. The third kappa shape index (κ3) is 2.36. The van der Waals surface area contributed by atoms with Gasteiger partial charge in [-0.05, 0) is 50.0 Å². The lowest BCUT2D eigenvalue weighted by atomic mass is 10.1. The lowest BCUT2D eigenvalue weighted by Crippen LogP contribution is -2.26. The minimum Gasteiger partial charge on any atom is -0.508 e.